The summed E-state index contributed by atoms with van der Waals surface area (Å²) in [5, 5.41) is 5.02. The van der Waals surface area contributed by atoms with Crippen molar-refractivity contribution in [3.63, 3.8) is 0 Å². The Balaban J connectivity index is 2.03. The molecule has 0 aliphatic carbocycles. The molecule has 1 aliphatic heterocycles. The van der Waals surface area contributed by atoms with E-state index in [9.17, 15) is 0 Å². The molecule has 0 amide bonds. The molecule has 1 fully saturated rings. The van der Waals surface area contributed by atoms with Crippen LogP contribution in [0.3, 0.4) is 0 Å². The minimum atomic E-state index is 0.363. The molecule has 0 spiro atoms. The molecule has 0 saturated carbocycles. The van der Waals surface area contributed by atoms with Gasteiger partial charge < -0.3 is 0 Å². The number of hydrazine groups is 1. The standard InChI is InChI=1S/C11H20N4S/c1-8-6-9(15(2)14-8)7-10(13-12)11-4-3-5-16-11/h6,10-11,13H,3-5,7,12H2,1-2H3. The van der Waals surface area contributed by atoms with Crippen molar-refractivity contribution in [2.24, 2.45) is 12.9 Å². The lowest BCUT2D eigenvalue weighted by molar-refractivity contribution is 0.482. The zero-order chi connectivity index (χ0) is 11.5. The van der Waals surface area contributed by atoms with Gasteiger partial charge in [-0.3, -0.25) is 16.0 Å². The highest BCUT2D eigenvalue weighted by atomic mass is 32.2. The van der Waals surface area contributed by atoms with Crippen LogP contribution in [-0.2, 0) is 13.5 Å². The zero-order valence-corrected chi connectivity index (χ0v) is 10.8. The van der Waals surface area contributed by atoms with Gasteiger partial charge >= 0.3 is 0 Å². The second kappa shape index (κ2) is 5.21. The maximum Gasteiger partial charge on any atom is 0.0596 e. The SMILES string of the molecule is Cc1cc(CC(NN)C2CCCS2)n(C)n1. The molecule has 3 N–H and O–H groups in total. The highest BCUT2D eigenvalue weighted by Crippen LogP contribution is 2.29. The first-order chi connectivity index (χ1) is 7.70. The van der Waals surface area contributed by atoms with Gasteiger partial charge in [0.2, 0.25) is 0 Å². The third-order valence-electron chi connectivity index (χ3n) is 3.16. The Kier molecular flexibility index (Phi) is 3.89. The van der Waals surface area contributed by atoms with Crippen LogP contribution in [0.5, 0.6) is 0 Å². The zero-order valence-electron chi connectivity index (χ0n) is 9.94. The molecule has 4 nitrogen and oxygen atoms in total. The molecule has 0 aromatic carbocycles. The maximum atomic E-state index is 5.66. The minimum absolute atomic E-state index is 0.363. The largest absolute Gasteiger partial charge is 0.272 e. The Labute approximate surface area is 101 Å². The molecule has 1 aliphatic rings. The van der Waals surface area contributed by atoms with E-state index in [4.69, 9.17) is 5.84 Å². The Hall–Kier alpha value is -0.520. The Morgan fingerprint density at radius 1 is 1.75 bits per heavy atom. The quantitative estimate of drug-likeness (QED) is 0.609. The van der Waals surface area contributed by atoms with Crippen LogP contribution < -0.4 is 11.3 Å². The first kappa shape index (κ1) is 12.0. The van der Waals surface area contributed by atoms with Crippen molar-refractivity contribution in [2.75, 3.05) is 5.75 Å². The van der Waals surface area contributed by atoms with Gasteiger partial charge in [0.25, 0.3) is 0 Å². The van der Waals surface area contributed by atoms with E-state index in [0.29, 0.717) is 11.3 Å². The van der Waals surface area contributed by atoms with E-state index >= 15 is 0 Å². The molecule has 1 aromatic rings. The van der Waals surface area contributed by atoms with E-state index in [1.807, 2.05) is 30.4 Å². The van der Waals surface area contributed by atoms with E-state index in [1.54, 1.807) is 0 Å². The van der Waals surface area contributed by atoms with Crippen LogP contribution >= 0.6 is 11.8 Å². The second-order valence-corrected chi connectivity index (χ2v) is 5.78. The van der Waals surface area contributed by atoms with Crippen LogP contribution in [0, 0.1) is 6.92 Å². The molecule has 5 heteroatoms. The van der Waals surface area contributed by atoms with Gasteiger partial charge in [-0.25, -0.2) is 0 Å². The van der Waals surface area contributed by atoms with Crippen molar-refractivity contribution in [3.05, 3.63) is 17.5 Å². The number of hydrogen-bond acceptors (Lipinski definition) is 4. The Morgan fingerprint density at radius 2 is 2.56 bits per heavy atom. The van der Waals surface area contributed by atoms with Gasteiger partial charge in [0.15, 0.2) is 0 Å². The fourth-order valence-electron chi connectivity index (χ4n) is 2.30. The summed E-state index contributed by atoms with van der Waals surface area (Å²) in [7, 11) is 2.00. The molecule has 90 valence electrons. The minimum Gasteiger partial charge on any atom is -0.272 e. The summed E-state index contributed by atoms with van der Waals surface area (Å²) < 4.78 is 1.96. The number of nitrogens with zero attached hydrogens (tertiary/aromatic N) is 2. The number of nitrogens with two attached hydrogens (primary N) is 1. The number of nitrogens with one attached hydrogen (secondary N) is 1. The highest BCUT2D eigenvalue weighted by Gasteiger charge is 2.25. The van der Waals surface area contributed by atoms with Crippen LogP contribution in [-0.4, -0.2) is 26.8 Å². The summed E-state index contributed by atoms with van der Waals surface area (Å²) in [4.78, 5) is 0. The Morgan fingerprint density at radius 3 is 3.06 bits per heavy atom. The summed E-state index contributed by atoms with van der Waals surface area (Å²) in [5.74, 6) is 6.94. The van der Waals surface area contributed by atoms with Gasteiger partial charge in [0.05, 0.1) is 5.69 Å². The molecule has 2 unspecified atom stereocenters. The first-order valence-electron chi connectivity index (χ1n) is 5.78. The normalized spacial score (nSPS) is 22.6. The molecule has 16 heavy (non-hydrogen) atoms. The van der Waals surface area contributed by atoms with Crippen molar-refractivity contribution in [2.45, 2.75) is 37.5 Å². The van der Waals surface area contributed by atoms with Crippen molar-refractivity contribution >= 4 is 11.8 Å². The van der Waals surface area contributed by atoms with Gasteiger partial charge in [-0.1, -0.05) is 0 Å². The fourth-order valence-corrected chi connectivity index (χ4v) is 3.67. The lowest BCUT2D eigenvalue weighted by Gasteiger charge is -2.21. The number of aryl methyl sites for hydroxylation is 2. The predicted molar refractivity (Wildman–Crippen MR) is 68.2 cm³/mol. The monoisotopic (exact) mass is 240 g/mol. The maximum absolute atomic E-state index is 5.66. The molecular weight excluding hydrogens is 220 g/mol. The van der Waals surface area contributed by atoms with Gasteiger partial charge in [-0.05, 0) is 31.6 Å². The fraction of sp³-hybridized carbons (Fsp3) is 0.727. The van der Waals surface area contributed by atoms with Gasteiger partial charge in [0.1, 0.15) is 0 Å². The summed E-state index contributed by atoms with van der Waals surface area (Å²) in [6.07, 6.45) is 3.56. The van der Waals surface area contributed by atoms with Crippen molar-refractivity contribution in [1.29, 1.82) is 0 Å². The van der Waals surface area contributed by atoms with Crippen LogP contribution in [0.4, 0.5) is 0 Å². The first-order valence-corrected chi connectivity index (χ1v) is 6.83. The molecule has 1 aromatic heterocycles. The van der Waals surface area contributed by atoms with E-state index in [1.165, 1.54) is 24.3 Å². The second-order valence-electron chi connectivity index (χ2n) is 4.43. The lowest BCUT2D eigenvalue weighted by Crippen LogP contribution is -2.43. The number of thioether (sulfide) groups is 1. The van der Waals surface area contributed by atoms with Crippen LogP contribution in [0.2, 0.25) is 0 Å². The van der Waals surface area contributed by atoms with Gasteiger partial charge in [-0.15, -0.1) is 0 Å². The van der Waals surface area contributed by atoms with Crippen LogP contribution in [0.1, 0.15) is 24.2 Å². The average molecular weight is 240 g/mol. The summed E-state index contributed by atoms with van der Waals surface area (Å²) >= 11 is 2.03. The van der Waals surface area contributed by atoms with Crippen molar-refractivity contribution in [1.82, 2.24) is 15.2 Å². The topological polar surface area (TPSA) is 55.9 Å². The molecule has 1 saturated heterocycles. The molecule has 2 heterocycles. The highest BCUT2D eigenvalue weighted by molar-refractivity contribution is 8.00. The van der Waals surface area contributed by atoms with Crippen LogP contribution in [0.15, 0.2) is 6.07 Å². The number of hydrogen-bond donors (Lipinski definition) is 2. The van der Waals surface area contributed by atoms with E-state index in [0.717, 1.165) is 12.1 Å². The summed E-state index contributed by atoms with van der Waals surface area (Å²) in [6, 6.07) is 2.51. The van der Waals surface area contributed by atoms with Gasteiger partial charge in [-0.2, -0.15) is 16.9 Å². The van der Waals surface area contributed by atoms with E-state index in [2.05, 4.69) is 16.6 Å². The molecule has 0 bridgehead atoms. The van der Waals surface area contributed by atoms with Crippen LogP contribution in [0.25, 0.3) is 0 Å². The molecule has 2 atom stereocenters. The van der Waals surface area contributed by atoms with Crippen molar-refractivity contribution < 1.29 is 0 Å². The summed E-state index contributed by atoms with van der Waals surface area (Å²) in [6.45, 7) is 2.03. The van der Waals surface area contributed by atoms with E-state index < -0.39 is 0 Å². The number of aromatic nitrogens is 2. The summed E-state index contributed by atoms with van der Waals surface area (Å²) in [5.41, 5.74) is 5.30. The molecule has 0 radical (unpaired) electrons. The third-order valence-corrected chi connectivity index (χ3v) is 4.67. The third kappa shape index (κ3) is 2.59. The lowest BCUT2D eigenvalue weighted by atomic mass is 10.0. The molecular formula is C11H20N4S. The van der Waals surface area contributed by atoms with E-state index in [-0.39, 0.29) is 0 Å². The predicted octanol–water partition coefficient (Wildman–Crippen LogP) is 0.999. The molecule has 2 rings (SSSR count). The van der Waals surface area contributed by atoms with Gasteiger partial charge in [0, 0.05) is 30.5 Å². The van der Waals surface area contributed by atoms with Crippen molar-refractivity contribution in [3.8, 4) is 0 Å². The average Bonchev–Trinajstić information content (AvgIpc) is 2.85. The smallest absolute Gasteiger partial charge is 0.0596 e. The Bertz CT molecular complexity index is 344. The number of rotatable bonds is 4.